The van der Waals surface area contributed by atoms with Gasteiger partial charge in [0, 0.05) is 6.92 Å². The van der Waals surface area contributed by atoms with Crippen molar-refractivity contribution in [3.8, 4) is 0 Å². The zero-order chi connectivity index (χ0) is 18.9. The standard InChI is InChI=1S/C14H25NO10/c1-4-8(18)10(20)11(21)14(23-4)25-12-6(3-16)24-13(22)7(9(12)19)15-5(2)17/h4,6-14,16,18-22H,3H2,1-2H3,(H,15,17)/t4-,6?,7-,8?,9?,10-,11-,12+,13+,14?/m0/s1. The van der Waals surface area contributed by atoms with Crippen molar-refractivity contribution in [3.63, 3.8) is 0 Å². The summed E-state index contributed by atoms with van der Waals surface area (Å²) in [6, 6.07) is -1.24. The maximum Gasteiger partial charge on any atom is 0.217 e. The summed E-state index contributed by atoms with van der Waals surface area (Å²) in [6.07, 6.45) is -12.3. The minimum absolute atomic E-state index is 0.533. The number of ether oxygens (including phenoxy) is 3. The highest BCUT2D eigenvalue weighted by molar-refractivity contribution is 5.73. The van der Waals surface area contributed by atoms with Gasteiger partial charge in [0.05, 0.1) is 12.7 Å². The van der Waals surface area contributed by atoms with Crippen molar-refractivity contribution in [1.82, 2.24) is 5.32 Å². The van der Waals surface area contributed by atoms with Crippen molar-refractivity contribution >= 4 is 5.91 Å². The van der Waals surface area contributed by atoms with E-state index in [-0.39, 0.29) is 0 Å². The molecular formula is C14H25NO10. The lowest BCUT2D eigenvalue weighted by Crippen LogP contribution is -2.66. The second-order valence-corrected chi connectivity index (χ2v) is 6.25. The summed E-state index contributed by atoms with van der Waals surface area (Å²) in [5.41, 5.74) is 0. The second kappa shape index (κ2) is 8.20. The molecule has 1 amide bonds. The Kier molecular flexibility index (Phi) is 6.70. The summed E-state index contributed by atoms with van der Waals surface area (Å²) in [6.45, 7) is 2.01. The predicted molar refractivity (Wildman–Crippen MR) is 78.8 cm³/mol. The molecule has 11 nitrogen and oxygen atoms in total. The number of aliphatic hydroxyl groups is 6. The van der Waals surface area contributed by atoms with Gasteiger partial charge in [-0.2, -0.15) is 0 Å². The molecule has 10 atom stereocenters. The van der Waals surface area contributed by atoms with Crippen LogP contribution in [0.2, 0.25) is 0 Å². The van der Waals surface area contributed by atoms with Crippen molar-refractivity contribution < 1.29 is 49.6 Å². The molecule has 0 aromatic rings. The lowest BCUT2D eigenvalue weighted by molar-refractivity contribution is -0.341. The molecule has 0 saturated carbocycles. The molecule has 11 heteroatoms. The lowest BCUT2D eigenvalue weighted by Gasteiger charge is -2.46. The van der Waals surface area contributed by atoms with E-state index >= 15 is 0 Å². The molecule has 0 spiro atoms. The van der Waals surface area contributed by atoms with E-state index in [0.717, 1.165) is 0 Å². The highest BCUT2D eigenvalue weighted by atomic mass is 16.7. The molecule has 2 saturated heterocycles. The SMILES string of the molecule is CC(=O)N[C@H]1C(O)[C@H](OC2O[C@@H](C)C(O)[C@H](O)[C@@H]2O)C(CO)O[C@H]1O. The zero-order valence-corrected chi connectivity index (χ0v) is 13.8. The Bertz CT molecular complexity index is 465. The van der Waals surface area contributed by atoms with E-state index in [0.29, 0.717) is 0 Å². The molecule has 0 bridgehead atoms. The Balaban J connectivity index is 2.15. The summed E-state index contributed by atoms with van der Waals surface area (Å²) < 4.78 is 15.9. The average Bonchev–Trinajstić information content (AvgIpc) is 2.56. The molecule has 0 aromatic heterocycles. The number of carbonyl (C=O) groups excluding carboxylic acids is 1. The molecule has 2 aliphatic rings. The maximum absolute atomic E-state index is 11.2. The first-order valence-electron chi connectivity index (χ1n) is 7.92. The largest absolute Gasteiger partial charge is 0.394 e. The van der Waals surface area contributed by atoms with E-state index in [9.17, 15) is 35.4 Å². The molecule has 2 aliphatic heterocycles. The van der Waals surface area contributed by atoms with Crippen LogP contribution in [0.5, 0.6) is 0 Å². The van der Waals surface area contributed by atoms with Gasteiger partial charge in [-0.1, -0.05) is 0 Å². The van der Waals surface area contributed by atoms with Crippen molar-refractivity contribution in [2.24, 2.45) is 0 Å². The predicted octanol–water partition coefficient (Wildman–Crippen LogP) is -4.23. The number of hydrogen-bond acceptors (Lipinski definition) is 10. The minimum Gasteiger partial charge on any atom is -0.394 e. The minimum atomic E-state index is -1.62. The van der Waals surface area contributed by atoms with Gasteiger partial charge >= 0.3 is 0 Å². The summed E-state index contributed by atoms with van der Waals surface area (Å²) >= 11 is 0. The van der Waals surface area contributed by atoms with E-state index in [1.54, 1.807) is 0 Å². The maximum atomic E-state index is 11.2. The van der Waals surface area contributed by atoms with E-state index < -0.39 is 73.9 Å². The zero-order valence-electron chi connectivity index (χ0n) is 13.8. The molecule has 4 unspecified atom stereocenters. The van der Waals surface area contributed by atoms with Crippen LogP contribution in [0.4, 0.5) is 0 Å². The normalized spacial score (nSPS) is 48.2. The van der Waals surface area contributed by atoms with Gasteiger partial charge in [0.25, 0.3) is 0 Å². The third-order valence-corrected chi connectivity index (χ3v) is 4.34. The second-order valence-electron chi connectivity index (χ2n) is 6.25. The molecule has 2 heterocycles. The van der Waals surface area contributed by atoms with Crippen LogP contribution >= 0.6 is 0 Å². The molecule has 146 valence electrons. The van der Waals surface area contributed by atoms with E-state index in [4.69, 9.17) is 14.2 Å². The fraction of sp³-hybridized carbons (Fsp3) is 0.929. The van der Waals surface area contributed by atoms with Gasteiger partial charge in [-0.3, -0.25) is 4.79 Å². The Morgan fingerprint density at radius 3 is 2.24 bits per heavy atom. The highest BCUT2D eigenvalue weighted by Crippen LogP contribution is 2.28. The third kappa shape index (κ3) is 4.27. The molecule has 2 rings (SSSR count). The fourth-order valence-electron chi connectivity index (χ4n) is 2.92. The van der Waals surface area contributed by atoms with Crippen LogP contribution < -0.4 is 5.32 Å². The summed E-state index contributed by atoms with van der Waals surface area (Å²) in [7, 11) is 0. The average molecular weight is 367 g/mol. The lowest BCUT2D eigenvalue weighted by atomic mass is 9.95. The van der Waals surface area contributed by atoms with Crippen molar-refractivity contribution in [2.45, 2.75) is 75.2 Å². The monoisotopic (exact) mass is 367 g/mol. The first-order valence-corrected chi connectivity index (χ1v) is 7.92. The van der Waals surface area contributed by atoms with E-state index in [1.165, 1.54) is 13.8 Å². The van der Waals surface area contributed by atoms with Crippen LogP contribution in [-0.2, 0) is 19.0 Å². The molecular weight excluding hydrogens is 342 g/mol. The third-order valence-electron chi connectivity index (χ3n) is 4.34. The highest BCUT2D eigenvalue weighted by Gasteiger charge is 2.50. The Hall–Kier alpha value is -0.890. The molecule has 25 heavy (non-hydrogen) atoms. The first-order chi connectivity index (χ1) is 11.7. The van der Waals surface area contributed by atoms with Crippen molar-refractivity contribution in [3.05, 3.63) is 0 Å². The van der Waals surface area contributed by atoms with Crippen molar-refractivity contribution in [2.75, 3.05) is 6.61 Å². The van der Waals surface area contributed by atoms with Crippen LogP contribution in [0, 0.1) is 0 Å². The fourth-order valence-corrected chi connectivity index (χ4v) is 2.92. The van der Waals surface area contributed by atoms with Gasteiger partial charge in [0.15, 0.2) is 12.6 Å². The number of carbonyl (C=O) groups is 1. The van der Waals surface area contributed by atoms with Gasteiger partial charge < -0.3 is 50.2 Å². The number of hydrogen-bond donors (Lipinski definition) is 7. The van der Waals surface area contributed by atoms with Gasteiger partial charge in [0.2, 0.25) is 5.91 Å². The first kappa shape index (κ1) is 20.4. The molecule has 0 aliphatic carbocycles. The summed E-state index contributed by atoms with van der Waals surface area (Å²) in [5.74, 6) is -0.533. The number of amides is 1. The molecule has 0 aromatic carbocycles. The van der Waals surface area contributed by atoms with Crippen LogP contribution in [-0.4, -0.2) is 105 Å². The molecule has 7 N–H and O–H groups in total. The van der Waals surface area contributed by atoms with E-state index in [1.807, 2.05) is 0 Å². The quantitative estimate of drug-likeness (QED) is 0.257. The van der Waals surface area contributed by atoms with Crippen LogP contribution in [0.15, 0.2) is 0 Å². The topological polar surface area (TPSA) is 178 Å². The Morgan fingerprint density at radius 1 is 1.04 bits per heavy atom. The Labute approximate surface area is 143 Å². The number of aliphatic hydroxyl groups excluding tert-OH is 6. The van der Waals surface area contributed by atoms with Gasteiger partial charge in [0.1, 0.15) is 42.7 Å². The molecule has 2 fully saturated rings. The van der Waals surface area contributed by atoms with Crippen LogP contribution in [0.1, 0.15) is 13.8 Å². The van der Waals surface area contributed by atoms with Crippen LogP contribution in [0.25, 0.3) is 0 Å². The Morgan fingerprint density at radius 2 is 1.68 bits per heavy atom. The van der Waals surface area contributed by atoms with Gasteiger partial charge in [-0.25, -0.2) is 0 Å². The van der Waals surface area contributed by atoms with Gasteiger partial charge in [-0.05, 0) is 6.92 Å². The van der Waals surface area contributed by atoms with Crippen LogP contribution in [0.3, 0.4) is 0 Å². The number of nitrogens with one attached hydrogen (secondary N) is 1. The van der Waals surface area contributed by atoms with Crippen molar-refractivity contribution in [1.29, 1.82) is 0 Å². The smallest absolute Gasteiger partial charge is 0.217 e. The van der Waals surface area contributed by atoms with E-state index in [2.05, 4.69) is 5.32 Å². The van der Waals surface area contributed by atoms with Gasteiger partial charge in [-0.15, -0.1) is 0 Å². The number of rotatable bonds is 4. The summed E-state index contributed by atoms with van der Waals surface area (Å²) in [5, 5.41) is 61.5. The summed E-state index contributed by atoms with van der Waals surface area (Å²) in [4.78, 5) is 11.2. The molecule has 0 radical (unpaired) electrons.